The van der Waals surface area contributed by atoms with Gasteiger partial charge in [-0.2, -0.15) is 0 Å². The lowest BCUT2D eigenvalue weighted by Gasteiger charge is -2.02. The lowest BCUT2D eigenvalue weighted by atomic mass is 10.1. The molecule has 0 atom stereocenters. The van der Waals surface area contributed by atoms with Gasteiger partial charge in [-0.1, -0.05) is 30.3 Å². The molecular weight excluding hydrogens is 236 g/mol. The van der Waals surface area contributed by atoms with Crippen LogP contribution in [0.4, 0.5) is 0 Å². The van der Waals surface area contributed by atoms with Crippen molar-refractivity contribution in [2.24, 2.45) is 21.5 Å². The Morgan fingerprint density at radius 2 is 1.68 bits per heavy atom. The van der Waals surface area contributed by atoms with Crippen molar-refractivity contribution >= 4 is 11.7 Å². The maximum Gasteiger partial charge on any atom is 0.0937 e. The first-order chi connectivity index (χ1) is 9.22. The van der Waals surface area contributed by atoms with E-state index < -0.39 is 0 Å². The van der Waals surface area contributed by atoms with Crippen molar-refractivity contribution in [1.82, 2.24) is 0 Å². The number of benzene rings is 1. The molecule has 0 fully saturated rings. The molecule has 0 aliphatic rings. The summed E-state index contributed by atoms with van der Waals surface area (Å²) in [7, 11) is 1.70. The van der Waals surface area contributed by atoms with Crippen LogP contribution in [0.5, 0.6) is 0 Å². The molecule has 0 unspecified atom stereocenters. The molecule has 0 aliphatic heterocycles. The van der Waals surface area contributed by atoms with Crippen LogP contribution in [-0.2, 0) is 6.42 Å². The summed E-state index contributed by atoms with van der Waals surface area (Å²) in [5.41, 5.74) is 12.8. The zero-order valence-electron chi connectivity index (χ0n) is 11.7. The molecule has 0 saturated carbocycles. The van der Waals surface area contributed by atoms with E-state index in [0.29, 0.717) is 5.84 Å². The van der Waals surface area contributed by atoms with Gasteiger partial charge in [0.05, 0.1) is 11.7 Å². The number of aliphatic imine (C=N–C) groups is 2. The first kappa shape index (κ1) is 15.2. The van der Waals surface area contributed by atoms with Crippen LogP contribution in [0.25, 0.3) is 0 Å². The Bertz CT molecular complexity index is 409. The van der Waals surface area contributed by atoms with Crippen molar-refractivity contribution in [3.8, 4) is 0 Å². The highest BCUT2D eigenvalue weighted by Crippen LogP contribution is 2.02. The summed E-state index contributed by atoms with van der Waals surface area (Å²) < 4.78 is 0. The van der Waals surface area contributed by atoms with Crippen LogP contribution in [0.3, 0.4) is 0 Å². The third kappa shape index (κ3) is 7.24. The highest BCUT2D eigenvalue weighted by Gasteiger charge is 1.96. The zero-order chi connectivity index (χ0) is 13.9. The van der Waals surface area contributed by atoms with Gasteiger partial charge in [-0.15, -0.1) is 0 Å². The molecule has 4 nitrogen and oxygen atoms in total. The lowest BCUT2D eigenvalue weighted by Crippen LogP contribution is -2.15. The SMILES string of the molecule is CN=C(N)CCCC(N)=NCCCc1ccccc1. The summed E-state index contributed by atoms with van der Waals surface area (Å²) in [6, 6.07) is 10.4. The van der Waals surface area contributed by atoms with E-state index in [9.17, 15) is 0 Å². The summed E-state index contributed by atoms with van der Waals surface area (Å²) >= 11 is 0. The molecule has 0 aliphatic carbocycles. The van der Waals surface area contributed by atoms with Gasteiger partial charge >= 0.3 is 0 Å². The third-order valence-corrected chi connectivity index (χ3v) is 2.93. The van der Waals surface area contributed by atoms with E-state index in [2.05, 4.69) is 34.3 Å². The van der Waals surface area contributed by atoms with Gasteiger partial charge in [0.2, 0.25) is 0 Å². The molecule has 0 spiro atoms. The number of nitrogens with zero attached hydrogens (tertiary/aromatic N) is 2. The van der Waals surface area contributed by atoms with Gasteiger partial charge < -0.3 is 11.5 Å². The summed E-state index contributed by atoms with van der Waals surface area (Å²) in [6.07, 6.45) is 4.58. The number of rotatable bonds is 8. The minimum Gasteiger partial charge on any atom is -0.387 e. The highest BCUT2D eigenvalue weighted by molar-refractivity contribution is 5.82. The van der Waals surface area contributed by atoms with Crippen LogP contribution < -0.4 is 11.5 Å². The second-order valence-electron chi connectivity index (χ2n) is 4.53. The first-order valence-corrected chi connectivity index (χ1v) is 6.76. The molecule has 0 aromatic heterocycles. The molecule has 0 radical (unpaired) electrons. The Kier molecular flexibility index (Phi) is 7.32. The third-order valence-electron chi connectivity index (χ3n) is 2.93. The van der Waals surface area contributed by atoms with E-state index >= 15 is 0 Å². The van der Waals surface area contributed by atoms with Gasteiger partial charge in [0, 0.05) is 26.4 Å². The van der Waals surface area contributed by atoms with Crippen LogP contribution in [0.1, 0.15) is 31.2 Å². The summed E-state index contributed by atoms with van der Waals surface area (Å²) in [5, 5.41) is 0. The molecule has 4 N–H and O–H groups in total. The maximum atomic E-state index is 5.85. The monoisotopic (exact) mass is 260 g/mol. The standard InChI is InChI=1S/C15H24N4/c1-18-14(16)10-5-11-15(17)19-12-6-9-13-7-3-2-4-8-13/h2-4,7-8H,5-6,9-12H2,1H3,(H2,16,18)(H2,17,19). The number of hydrogen-bond acceptors (Lipinski definition) is 2. The quantitative estimate of drug-likeness (QED) is 0.427. The molecule has 0 bridgehead atoms. The number of hydrogen-bond donors (Lipinski definition) is 2. The largest absolute Gasteiger partial charge is 0.387 e. The molecule has 1 aromatic rings. The highest BCUT2D eigenvalue weighted by atomic mass is 14.8. The van der Waals surface area contributed by atoms with E-state index in [4.69, 9.17) is 11.5 Å². The Hall–Kier alpha value is -1.84. The first-order valence-electron chi connectivity index (χ1n) is 6.76. The van der Waals surface area contributed by atoms with E-state index in [1.54, 1.807) is 7.05 Å². The van der Waals surface area contributed by atoms with Gasteiger partial charge in [0.25, 0.3) is 0 Å². The maximum absolute atomic E-state index is 5.85. The lowest BCUT2D eigenvalue weighted by molar-refractivity contribution is 0.821. The van der Waals surface area contributed by atoms with Crippen LogP contribution in [-0.4, -0.2) is 25.3 Å². The number of amidine groups is 2. The van der Waals surface area contributed by atoms with Gasteiger partial charge in [-0.25, -0.2) is 0 Å². The zero-order valence-corrected chi connectivity index (χ0v) is 11.7. The molecule has 1 rings (SSSR count). The number of aryl methyl sites for hydroxylation is 1. The topological polar surface area (TPSA) is 76.8 Å². The van der Waals surface area contributed by atoms with Gasteiger partial charge in [-0.05, 0) is 24.8 Å². The second kappa shape index (κ2) is 9.14. The van der Waals surface area contributed by atoms with Crippen molar-refractivity contribution in [1.29, 1.82) is 0 Å². The van der Waals surface area contributed by atoms with Crippen molar-refractivity contribution in [3.63, 3.8) is 0 Å². The summed E-state index contributed by atoms with van der Waals surface area (Å²) in [5.74, 6) is 1.40. The van der Waals surface area contributed by atoms with E-state index in [1.165, 1.54) is 5.56 Å². The second-order valence-corrected chi connectivity index (χ2v) is 4.53. The molecule has 0 saturated heterocycles. The van der Waals surface area contributed by atoms with Crippen molar-refractivity contribution < 1.29 is 0 Å². The Labute approximate surface area is 115 Å². The molecule has 19 heavy (non-hydrogen) atoms. The van der Waals surface area contributed by atoms with Crippen LogP contribution in [0.15, 0.2) is 40.3 Å². The van der Waals surface area contributed by atoms with E-state index in [-0.39, 0.29) is 0 Å². The average molecular weight is 260 g/mol. The minimum atomic E-state index is 0.678. The molecule has 104 valence electrons. The van der Waals surface area contributed by atoms with Crippen LogP contribution in [0, 0.1) is 0 Å². The number of nitrogens with two attached hydrogens (primary N) is 2. The van der Waals surface area contributed by atoms with Crippen molar-refractivity contribution in [3.05, 3.63) is 35.9 Å². The fourth-order valence-electron chi connectivity index (χ4n) is 1.79. The summed E-state index contributed by atoms with van der Waals surface area (Å²) in [4.78, 5) is 8.28. The Morgan fingerprint density at radius 1 is 1.00 bits per heavy atom. The van der Waals surface area contributed by atoms with Gasteiger partial charge in [-0.3, -0.25) is 9.98 Å². The van der Waals surface area contributed by atoms with E-state index in [0.717, 1.165) is 44.5 Å². The van der Waals surface area contributed by atoms with Crippen molar-refractivity contribution in [2.75, 3.05) is 13.6 Å². The average Bonchev–Trinajstić information content (AvgIpc) is 2.44. The Balaban J connectivity index is 2.14. The minimum absolute atomic E-state index is 0.678. The fraction of sp³-hybridized carbons (Fsp3) is 0.467. The van der Waals surface area contributed by atoms with Crippen molar-refractivity contribution in [2.45, 2.75) is 32.1 Å². The molecular formula is C15H24N4. The predicted octanol–water partition coefficient (Wildman–Crippen LogP) is 2.13. The smallest absolute Gasteiger partial charge is 0.0937 e. The molecule has 4 heteroatoms. The normalized spacial score (nSPS) is 12.7. The fourth-order valence-corrected chi connectivity index (χ4v) is 1.79. The van der Waals surface area contributed by atoms with Crippen LogP contribution in [0.2, 0.25) is 0 Å². The van der Waals surface area contributed by atoms with Gasteiger partial charge in [0.15, 0.2) is 0 Å². The summed E-state index contributed by atoms with van der Waals surface area (Å²) in [6.45, 7) is 0.790. The van der Waals surface area contributed by atoms with Crippen LogP contribution >= 0.6 is 0 Å². The molecule has 0 amide bonds. The molecule has 0 heterocycles. The molecule has 1 aromatic carbocycles. The Morgan fingerprint density at radius 3 is 2.37 bits per heavy atom. The van der Waals surface area contributed by atoms with E-state index in [1.807, 2.05) is 6.07 Å². The van der Waals surface area contributed by atoms with Gasteiger partial charge in [0.1, 0.15) is 0 Å². The predicted molar refractivity (Wildman–Crippen MR) is 82.6 cm³/mol.